The molecule has 0 radical (unpaired) electrons. The minimum atomic E-state index is -4.67. The minimum absolute atomic E-state index is 0.0619. The molecule has 1 aromatic rings. The number of aromatic nitrogens is 1. The molecule has 0 unspecified atom stereocenters. The lowest BCUT2D eigenvalue weighted by molar-refractivity contribution is -0.179. The molecule has 1 saturated heterocycles. The lowest BCUT2D eigenvalue weighted by Crippen LogP contribution is -2.40. The van der Waals surface area contributed by atoms with Gasteiger partial charge in [0.15, 0.2) is 0 Å². The van der Waals surface area contributed by atoms with Crippen molar-refractivity contribution in [3.05, 3.63) is 23.5 Å². The van der Waals surface area contributed by atoms with Crippen LogP contribution in [0.25, 0.3) is 0 Å². The molecule has 1 N–H and O–H groups in total. The predicted molar refractivity (Wildman–Crippen MR) is 73.1 cm³/mol. The molecule has 1 aliphatic rings. The number of rotatable bonds is 4. The van der Waals surface area contributed by atoms with Gasteiger partial charge in [0.05, 0.1) is 29.4 Å². The Kier molecular flexibility index (Phi) is 5.24. The van der Waals surface area contributed by atoms with Crippen molar-refractivity contribution in [2.75, 3.05) is 18.0 Å². The zero-order chi connectivity index (χ0) is 18.0. The molecule has 2 rings (SSSR count). The maximum absolute atomic E-state index is 13.1. The van der Waals surface area contributed by atoms with Crippen molar-refractivity contribution in [2.45, 2.75) is 31.7 Å². The second-order valence-electron chi connectivity index (χ2n) is 5.49. The van der Waals surface area contributed by atoms with E-state index in [1.165, 1.54) is 4.90 Å². The van der Waals surface area contributed by atoms with Gasteiger partial charge >= 0.3 is 12.4 Å². The first-order valence-corrected chi connectivity index (χ1v) is 7.17. The number of hydrogen-bond acceptors (Lipinski definition) is 3. The molecule has 2 heterocycles. The van der Waals surface area contributed by atoms with Crippen LogP contribution < -0.4 is 10.2 Å². The van der Waals surface area contributed by atoms with Crippen LogP contribution in [0.4, 0.5) is 32.0 Å². The van der Waals surface area contributed by atoms with Gasteiger partial charge < -0.3 is 10.2 Å². The first kappa shape index (κ1) is 18.3. The van der Waals surface area contributed by atoms with Gasteiger partial charge in [-0.05, 0) is 18.9 Å². The number of pyridine rings is 1. The number of amides is 1. The van der Waals surface area contributed by atoms with E-state index in [9.17, 15) is 31.1 Å². The van der Waals surface area contributed by atoms with Crippen LogP contribution in [0.5, 0.6) is 0 Å². The molecule has 1 amide bonds. The molecule has 4 nitrogen and oxygen atoms in total. The van der Waals surface area contributed by atoms with Crippen LogP contribution in [0, 0.1) is 5.92 Å². The third-order valence-corrected chi connectivity index (χ3v) is 3.91. The number of carbonyl (C=O) groups excluding carboxylic acids is 1. The summed E-state index contributed by atoms with van der Waals surface area (Å²) in [6.45, 7) is -0.316. The van der Waals surface area contributed by atoms with Gasteiger partial charge in [0, 0.05) is 19.3 Å². The molecule has 24 heavy (non-hydrogen) atoms. The Morgan fingerprint density at radius 1 is 1.21 bits per heavy atom. The first-order chi connectivity index (χ1) is 11.1. The molecule has 1 aromatic heterocycles. The molecule has 1 fully saturated rings. The maximum Gasteiger partial charge on any atom is 0.419 e. The van der Waals surface area contributed by atoms with Crippen molar-refractivity contribution in [1.82, 2.24) is 10.3 Å². The van der Waals surface area contributed by atoms with Crippen LogP contribution in [-0.4, -0.2) is 30.7 Å². The molecule has 0 aromatic carbocycles. The highest BCUT2D eigenvalue weighted by atomic mass is 19.4. The van der Waals surface area contributed by atoms with Gasteiger partial charge in [0.2, 0.25) is 6.41 Å². The van der Waals surface area contributed by atoms with E-state index in [0.29, 0.717) is 12.6 Å². The number of alkyl halides is 6. The summed E-state index contributed by atoms with van der Waals surface area (Å²) >= 11 is 0. The summed E-state index contributed by atoms with van der Waals surface area (Å²) in [4.78, 5) is 15.2. The Morgan fingerprint density at radius 3 is 2.33 bits per heavy atom. The third-order valence-electron chi connectivity index (χ3n) is 3.91. The van der Waals surface area contributed by atoms with Crippen molar-refractivity contribution >= 4 is 12.1 Å². The van der Waals surface area contributed by atoms with E-state index >= 15 is 0 Å². The Hall–Kier alpha value is -2.00. The van der Waals surface area contributed by atoms with E-state index in [0.717, 1.165) is 6.07 Å². The predicted octanol–water partition coefficient (Wildman–Crippen LogP) is 3.13. The average molecular weight is 355 g/mol. The molecule has 0 bridgehead atoms. The smallest absolute Gasteiger partial charge is 0.371 e. The summed E-state index contributed by atoms with van der Waals surface area (Å²) in [5.41, 5.74) is -1.01. The summed E-state index contributed by atoms with van der Waals surface area (Å²) in [7, 11) is 0. The Balaban J connectivity index is 2.25. The van der Waals surface area contributed by atoms with Gasteiger partial charge in [-0.2, -0.15) is 26.3 Å². The normalized spacial score (nSPS) is 17.0. The monoisotopic (exact) mass is 355 g/mol. The van der Waals surface area contributed by atoms with Crippen molar-refractivity contribution in [3.8, 4) is 0 Å². The van der Waals surface area contributed by atoms with Crippen molar-refractivity contribution in [1.29, 1.82) is 0 Å². The van der Waals surface area contributed by atoms with Crippen molar-refractivity contribution in [3.63, 3.8) is 0 Å². The van der Waals surface area contributed by atoms with E-state index in [-0.39, 0.29) is 43.9 Å². The Morgan fingerprint density at radius 2 is 1.83 bits per heavy atom. The molecular formula is C14H15F6N3O. The topological polar surface area (TPSA) is 45.2 Å². The Labute approximate surface area is 133 Å². The SMILES string of the molecule is O=CNCc1cc(N2CCC(C(F)(F)F)CC2)c(C(F)(F)F)cn1. The van der Waals surface area contributed by atoms with Crippen LogP contribution in [0.1, 0.15) is 24.1 Å². The van der Waals surface area contributed by atoms with Gasteiger partial charge in [-0.3, -0.25) is 9.78 Å². The number of piperidine rings is 1. The van der Waals surface area contributed by atoms with Crippen molar-refractivity contribution < 1.29 is 31.1 Å². The molecule has 10 heteroatoms. The number of halogens is 6. The van der Waals surface area contributed by atoms with E-state index in [4.69, 9.17) is 0 Å². The number of anilines is 1. The molecule has 0 saturated carbocycles. The summed E-state index contributed by atoms with van der Waals surface area (Å²) in [5.74, 6) is -1.50. The second kappa shape index (κ2) is 6.86. The zero-order valence-electron chi connectivity index (χ0n) is 12.4. The van der Waals surface area contributed by atoms with Gasteiger partial charge in [-0.1, -0.05) is 0 Å². The summed E-state index contributed by atoms with van der Waals surface area (Å²) in [6, 6.07) is 1.16. The van der Waals surface area contributed by atoms with E-state index in [2.05, 4.69) is 10.3 Å². The molecule has 1 aliphatic heterocycles. The molecule has 134 valence electrons. The third kappa shape index (κ3) is 4.30. The molecule has 0 atom stereocenters. The van der Waals surface area contributed by atoms with E-state index in [1.54, 1.807) is 0 Å². The number of nitrogens with zero attached hydrogens (tertiary/aromatic N) is 2. The van der Waals surface area contributed by atoms with E-state index < -0.39 is 23.8 Å². The molecule has 0 aliphatic carbocycles. The first-order valence-electron chi connectivity index (χ1n) is 7.17. The number of carbonyl (C=O) groups is 1. The van der Waals surface area contributed by atoms with Gasteiger partial charge in [-0.15, -0.1) is 0 Å². The average Bonchev–Trinajstić information content (AvgIpc) is 2.51. The van der Waals surface area contributed by atoms with Crippen LogP contribution in [0.3, 0.4) is 0 Å². The molecular weight excluding hydrogens is 340 g/mol. The van der Waals surface area contributed by atoms with Crippen LogP contribution >= 0.6 is 0 Å². The zero-order valence-corrected chi connectivity index (χ0v) is 12.4. The van der Waals surface area contributed by atoms with Gasteiger partial charge in [0.1, 0.15) is 0 Å². The lowest BCUT2D eigenvalue weighted by atomic mass is 9.95. The Bertz CT molecular complexity index is 579. The van der Waals surface area contributed by atoms with Gasteiger partial charge in [0.25, 0.3) is 0 Å². The van der Waals surface area contributed by atoms with Gasteiger partial charge in [-0.25, -0.2) is 0 Å². The summed E-state index contributed by atoms with van der Waals surface area (Å²) in [5, 5.41) is 2.29. The van der Waals surface area contributed by atoms with Crippen LogP contribution in [0.2, 0.25) is 0 Å². The standard InChI is InChI=1S/C14H15F6N3O/c15-13(16,17)9-1-3-23(4-2-9)12-5-10(6-21-8-24)22-7-11(12)14(18,19)20/h5,7-9H,1-4,6H2,(H,21,24). The van der Waals surface area contributed by atoms with Crippen LogP contribution in [0.15, 0.2) is 12.3 Å². The second-order valence-corrected chi connectivity index (χ2v) is 5.49. The van der Waals surface area contributed by atoms with Crippen LogP contribution in [-0.2, 0) is 17.5 Å². The van der Waals surface area contributed by atoms with Crippen molar-refractivity contribution in [2.24, 2.45) is 5.92 Å². The molecule has 0 spiro atoms. The highest BCUT2D eigenvalue weighted by molar-refractivity contribution is 5.56. The fraction of sp³-hybridized carbons (Fsp3) is 0.571. The fourth-order valence-corrected chi connectivity index (χ4v) is 2.66. The van der Waals surface area contributed by atoms with E-state index in [1.807, 2.05) is 0 Å². The number of hydrogen-bond donors (Lipinski definition) is 1. The summed E-state index contributed by atoms with van der Waals surface area (Å²) in [6.07, 6.45) is -8.49. The highest BCUT2D eigenvalue weighted by Gasteiger charge is 2.42. The quantitative estimate of drug-likeness (QED) is 0.667. The lowest BCUT2D eigenvalue weighted by Gasteiger charge is -2.35. The summed E-state index contributed by atoms with van der Waals surface area (Å²) < 4.78 is 77.5. The maximum atomic E-state index is 13.1. The largest absolute Gasteiger partial charge is 0.419 e. The minimum Gasteiger partial charge on any atom is -0.371 e. The fourth-order valence-electron chi connectivity index (χ4n) is 2.66. The highest BCUT2D eigenvalue weighted by Crippen LogP contribution is 2.40. The number of nitrogens with one attached hydrogen (secondary N) is 1.